The number of aromatic nitrogens is 4. The van der Waals surface area contributed by atoms with Crippen LogP contribution >= 0.6 is 11.3 Å². The number of pyridine rings is 1. The molecule has 7 nitrogen and oxygen atoms in total. The van der Waals surface area contributed by atoms with Crippen molar-refractivity contribution in [3.05, 3.63) is 74.6 Å². The van der Waals surface area contributed by atoms with Gasteiger partial charge in [0.1, 0.15) is 0 Å². The van der Waals surface area contributed by atoms with E-state index in [0.29, 0.717) is 26.8 Å². The lowest BCUT2D eigenvalue weighted by molar-refractivity contribution is 0.355. The van der Waals surface area contributed by atoms with Gasteiger partial charge in [0, 0.05) is 12.4 Å². The van der Waals surface area contributed by atoms with Gasteiger partial charge in [-0.1, -0.05) is 29.5 Å². The summed E-state index contributed by atoms with van der Waals surface area (Å²) < 4.78 is 12.4. The first kappa shape index (κ1) is 17.9. The summed E-state index contributed by atoms with van der Waals surface area (Å²) in [6, 6.07) is 9.29. The van der Waals surface area contributed by atoms with E-state index in [4.69, 9.17) is 9.47 Å². The maximum absolute atomic E-state index is 12.5. The molecule has 0 N–H and O–H groups in total. The third kappa shape index (κ3) is 3.49. The lowest BCUT2D eigenvalue weighted by Gasteiger charge is -2.07. The first-order chi connectivity index (χ1) is 13.7. The van der Waals surface area contributed by atoms with Crippen molar-refractivity contribution in [3.63, 3.8) is 0 Å². The number of hydrogen-bond donors (Lipinski definition) is 0. The summed E-state index contributed by atoms with van der Waals surface area (Å²) in [4.78, 5) is 21.6. The number of methoxy groups -OCH3 is 2. The largest absolute Gasteiger partial charge is 0.493 e. The third-order valence-corrected chi connectivity index (χ3v) is 4.97. The van der Waals surface area contributed by atoms with Crippen LogP contribution in [0.4, 0.5) is 0 Å². The molecule has 4 aromatic rings. The van der Waals surface area contributed by atoms with Crippen molar-refractivity contribution < 1.29 is 9.47 Å². The average Bonchev–Trinajstić information content (AvgIpc) is 3.26. The van der Waals surface area contributed by atoms with E-state index in [1.807, 2.05) is 36.4 Å². The molecule has 0 aliphatic carbocycles. The van der Waals surface area contributed by atoms with Crippen LogP contribution in [-0.2, 0) is 0 Å². The lowest BCUT2D eigenvalue weighted by Crippen LogP contribution is -2.23. The van der Waals surface area contributed by atoms with Gasteiger partial charge in [0.2, 0.25) is 4.96 Å². The molecule has 4 rings (SSSR count). The minimum Gasteiger partial charge on any atom is -0.493 e. The Morgan fingerprint density at radius 2 is 1.93 bits per heavy atom. The summed E-state index contributed by atoms with van der Waals surface area (Å²) >= 11 is 1.30. The molecule has 0 spiro atoms. The van der Waals surface area contributed by atoms with Crippen molar-refractivity contribution in [1.29, 1.82) is 0 Å². The molecule has 8 heteroatoms. The zero-order valence-electron chi connectivity index (χ0n) is 15.2. The second-order valence-corrected chi connectivity index (χ2v) is 6.82. The summed E-state index contributed by atoms with van der Waals surface area (Å²) in [5.41, 5.74) is 1.57. The molecule has 0 aliphatic heterocycles. The molecule has 0 unspecified atom stereocenters. The van der Waals surface area contributed by atoms with Crippen LogP contribution in [0.1, 0.15) is 17.0 Å². The van der Waals surface area contributed by atoms with E-state index in [1.165, 1.54) is 15.9 Å². The SMILES string of the molecule is COc1ccc(C=Cc2nc3sc(=Cc4cccnc4)c(=O)n3n2)cc1OC. The predicted molar refractivity (Wildman–Crippen MR) is 109 cm³/mol. The van der Waals surface area contributed by atoms with Crippen LogP contribution in [-0.4, -0.2) is 33.8 Å². The Morgan fingerprint density at radius 1 is 1.07 bits per heavy atom. The van der Waals surface area contributed by atoms with Crippen LogP contribution in [0.5, 0.6) is 11.5 Å². The first-order valence-electron chi connectivity index (χ1n) is 8.39. The highest BCUT2D eigenvalue weighted by Crippen LogP contribution is 2.28. The summed E-state index contributed by atoms with van der Waals surface area (Å²) in [6.07, 6.45) is 8.79. The van der Waals surface area contributed by atoms with Crippen LogP contribution in [0.2, 0.25) is 0 Å². The van der Waals surface area contributed by atoms with E-state index in [9.17, 15) is 4.79 Å². The van der Waals surface area contributed by atoms with Gasteiger partial charge >= 0.3 is 0 Å². The van der Waals surface area contributed by atoms with E-state index < -0.39 is 0 Å². The smallest absolute Gasteiger partial charge is 0.291 e. The predicted octanol–water partition coefficient (Wildman–Crippen LogP) is 2.28. The second-order valence-electron chi connectivity index (χ2n) is 5.81. The Kier molecular flexibility index (Phi) is 4.86. The Hall–Kier alpha value is -3.52. The fourth-order valence-corrected chi connectivity index (χ4v) is 3.57. The minimum atomic E-state index is -0.192. The van der Waals surface area contributed by atoms with E-state index in [0.717, 1.165) is 11.1 Å². The van der Waals surface area contributed by atoms with Gasteiger partial charge in [0.15, 0.2) is 17.3 Å². The average molecular weight is 392 g/mol. The highest BCUT2D eigenvalue weighted by Gasteiger charge is 2.09. The Bertz CT molecular complexity index is 1260. The Morgan fingerprint density at radius 3 is 2.64 bits per heavy atom. The van der Waals surface area contributed by atoms with E-state index >= 15 is 0 Å². The molecular weight excluding hydrogens is 376 g/mol. The Balaban J connectivity index is 1.64. The lowest BCUT2D eigenvalue weighted by atomic mass is 10.2. The molecule has 0 amide bonds. The van der Waals surface area contributed by atoms with Crippen molar-refractivity contribution >= 4 is 34.5 Å². The van der Waals surface area contributed by atoms with Gasteiger partial charge in [-0.15, -0.1) is 5.10 Å². The molecule has 0 bridgehead atoms. The van der Waals surface area contributed by atoms with Gasteiger partial charge in [-0.25, -0.2) is 0 Å². The number of fused-ring (bicyclic) bond motifs is 1. The van der Waals surface area contributed by atoms with Gasteiger partial charge < -0.3 is 9.47 Å². The molecule has 0 aliphatic rings. The number of rotatable bonds is 5. The van der Waals surface area contributed by atoms with Gasteiger partial charge in [-0.05, 0) is 41.5 Å². The molecular formula is C20H16N4O3S. The number of ether oxygens (including phenoxy) is 2. The highest BCUT2D eigenvalue weighted by molar-refractivity contribution is 7.15. The maximum atomic E-state index is 12.5. The van der Waals surface area contributed by atoms with Crippen LogP contribution in [0.15, 0.2) is 47.5 Å². The zero-order chi connectivity index (χ0) is 19.5. The van der Waals surface area contributed by atoms with Crippen molar-refractivity contribution in [3.8, 4) is 11.5 Å². The van der Waals surface area contributed by atoms with Gasteiger partial charge in [0.25, 0.3) is 5.56 Å². The van der Waals surface area contributed by atoms with Crippen molar-refractivity contribution in [2.24, 2.45) is 0 Å². The van der Waals surface area contributed by atoms with Crippen LogP contribution in [0.25, 0.3) is 23.2 Å². The number of hydrogen-bond acceptors (Lipinski definition) is 7. The normalized spacial score (nSPS) is 12.1. The summed E-state index contributed by atoms with van der Waals surface area (Å²) in [6.45, 7) is 0. The standard InChI is InChI=1S/C20H16N4O3S/c1-26-15-7-5-13(10-16(15)27-2)6-8-18-22-20-24(23-18)19(25)17(28-20)11-14-4-3-9-21-12-14/h3-12H,1-2H3. The molecule has 140 valence electrons. The van der Waals surface area contributed by atoms with Crippen LogP contribution < -0.4 is 19.6 Å². The molecule has 28 heavy (non-hydrogen) atoms. The van der Waals surface area contributed by atoms with E-state index in [1.54, 1.807) is 38.8 Å². The fraction of sp³-hybridized carbons (Fsp3) is 0.100. The summed E-state index contributed by atoms with van der Waals surface area (Å²) in [7, 11) is 3.18. The molecule has 1 aromatic carbocycles. The van der Waals surface area contributed by atoms with E-state index in [2.05, 4.69) is 15.1 Å². The molecule has 3 aromatic heterocycles. The fourth-order valence-electron chi connectivity index (χ4n) is 2.66. The number of nitrogens with zero attached hydrogens (tertiary/aromatic N) is 4. The molecule has 0 atom stereocenters. The minimum absolute atomic E-state index is 0.192. The van der Waals surface area contributed by atoms with Crippen LogP contribution in [0, 0.1) is 0 Å². The monoisotopic (exact) mass is 392 g/mol. The van der Waals surface area contributed by atoms with E-state index in [-0.39, 0.29) is 5.56 Å². The van der Waals surface area contributed by atoms with Gasteiger partial charge in [-0.3, -0.25) is 9.78 Å². The first-order valence-corrected chi connectivity index (χ1v) is 9.21. The molecule has 0 saturated carbocycles. The Labute approximate surface area is 164 Å². The quantitative estimate of drug-likeness (QED) is 0.519. The third-order valence-electron chi connectivity index (χ3n) is 4.01. The van der Waals surface area contributed by atoms with Crippen LogP contribution in [0.3, 0.4) is 0 Å². The highest BCUT2D eigenvalue weighted by atomic mass is 32.1. The molecule has 3 heterocycles. The van der Waals surface area contributed by atoms with Crippen molar-refractivity contribution in [2.45, 2.75) is 0 Å². The molecule has 0 radical (unpaired) electrons. The zero-order valence-corrected chi connectivity index (χ0v) is 16.0. The maximum Gasteiger partial charge on any atom is 0.291 e. The number of thiazole rings is 1. The second kappa shape index (κ2) is 7.61. The summed E-state index contributed by atoms with van der Waals surface area (Å²) in [5, 5.41) is 4.29. The van der Waals surface area contributed by atoms with Crippen molar-refractivity contribution in [2.75, 3.05) is 14.2 Å². The van der Waals surface area contributed by atoms with Gasteiger partial charge in [0.05, 0.1) is 18.8 Å². The molecule has 0 fully saturated rings. The summed E-state index contributed by atoms with van der Waals surface area (Å²) in [5.74, 6) is 1.76. The molecule has 0 saturated heterocycles. The van der Waals surface area contributed by atoms with Crippen molar-refractivity contribution in [1.82, 2.24) is 19.6 Å². The topological polar surface area (TPSA) is 78.6 Å². The number of benzene rings is 1. The van der Waals surface area contributed by atoms with Gasteiger partial charge in [-0.2, -0.15) is 9.50 Å².